The Labute approximate surface area is 106 Å². The Kier molecular flexibility index (Phi) is 3.63. The highest BCUT2D eigenvalue weighted by Crippen LogP contribution is 2.28. The zero-order valence-electron chi connectivity index (χ0n) is 10.4. The maximum absolute atomic E-state index is 9.20. The van der Waals surface area contributed by atoms with Crippen molar-refractivity contribution in [1.82, 2.24) is 0 Å². The molecule has 2 aromatic carbocycles. The second-order valence-electron chi connectivity index (χ2n) is 4.03. The largest absolute Gasteiger partial charge is 0.508 e. The van der Waals surface area contributed by atoms with E-state index in [9.17, 15) is 5.11 Å². The number of rotatable bonds is 3. The zero-order chi connectivity index (χ0) is 13.0. The van der Waals surface area contributed by atoms with E-state index in [2.05, 4.69) is 4.99 Å². The van der Waals surface area contributed by atoms with Gasteiger partial charge in [0, 0.05) is 6.21 Å². The average molecular weight is 241 g/mol. The molecule has 0 aromatic heterocycles. The lowest BCUT2D eigenvalue weighted by atomic mass is 10.2. The van der Waals surface area contributed by atoms with E-state index in [-0.39, 0.29) is 5.75 Å². The van der Waals surface area contributed by atoms with E-state index in [0.717, 1.165) is 22.6 Å². The van der Waals surface area contributed by atoms with Crippen LogP contribution in [0.3, 0.4) is 0 Å². The third-order valence-corrected chi connectivity index (χ3v) is 2.58. The van der Waals surface area contributed by atoms with Crippen LogP contribution in [0, 0.1) is 6.92 Å². The predicted octanol–water partition coefficient (Wildman–Crippen LogP) is 3.46. The van der Waals surface area contributed by atoms with E-state index >= 15 is 0 Å². The maximum Gasteiger partial charge on any atom is 0.144 e. The van der Waals surface area contributed by atoms with Crippen LogP contribution in [0.25, 0.3) is 0 Å². The van der Waals surface area contributed by atoms with Crippen molar-refractivity contribution in [2.45, 2.75) is 6.92 Å². The van der Waals surface area contributed by atoms with Crippen molar-refractivity contribution >= 4 is 11.9 Å². The summed E-state index contributed by atoms with van der Waals surface area (Å²) in [6.07, 6.45) is 1.75. The molecule has 0 spiro atoms. The summed E-state index contributed by atoms with van der Waals surface area (Å²) in [4.78, 5) is 4.41. The van der Waals surface area contributed by atoms with Crippen molar-refractivity contribution in [2.75, 3.05) is 7.11 Å². The number of phenols is 1. The van der Waals surface area contributed by atoms with Crippen LogP contribution in [0.15, 0.2) is 47.5 Å². The molecule has 92 valence electrons. The summed E-state index contributed by atoms with van der Waals surface area (Å²) in [5.41, 5.74) is 2.86. The van der Waals surface area contributed by atoms with Gasteiger partial charge in [-0.05, 0) is 54.4 Å². The molecule has 1 N–H and O–H groups in total. The molecule has 3 nitrogen and oxygen atoms in total. The molecule has 0 bridgehead atoms. The second kappa shape index (κ2) is 5.36. The Hall–Kier alpha value is -2.29. The van der Waals surface area contributed by atoms with Gasteiger partial charge in [0.05, 0.1) is 7.11 Å². The van der Waals surface area contributed by atoms with Crippen LogP contribution in [-0.4, -0.2) is 18.4 Å². The third kappa shape index (κ3) is 2.88. The van der Waals surface area contributed by atoms with E-state index < -0.39 is 0 Å². The average Bonchev–Trinajstić information content (AvgIpc) is 2.38. The molecular weight excluding hydrogens is 226 g/mol. The lowest BCUT2D eigenvalue weighted by Crippen LogP contribution is -1.85. The number of ether oxygens (including phenoxy) is 1. The summed E-state index contributed by atoms with van der Waals surface area (Å²) in [6, 6.07) is 12.7. The molecule has 0 saturated heterocycles. The summed E-state index contributed by atoms with van der Waals surface area (Å²) in [7, 11) is 1.63. The highest BCUT2D eigenvalue weighted by atomic mass is 16.5. The van der Waals surface area contributed by atoms with Gasteiger partial charge in [-0.3, -0.25) is 4.99 Å². The maximum atomic E-state index is 9.20. The predicted molar refractivity (Wildman–Crippen MR) is 73.1 cm³/mol. The van der Waals surface area contributed by atoms with Crippen molar-refractivity contribution in [1.29, 1.82) is 0 Å². The molecule has 2 rings (SSSR count). The molecule has 2 aromatic rings. The van der Waals surface area contributed by atoms with E-state index in [1.165, 1.54) is 0 Å². The summed E-state index contributed by atoms with van der Waals surface area (Å²) in [6.45, 7) is 2.01. The van der Waals surface area contributed by atoms with Crippen LogP contribution in [0.1, 0.15) is 11.1 Å². The Bertz CT molecular complexity index is 559. The third-order valence-electron chi connectivity index (χ3n) is 2.58. The first-order chi connectivity index (χ1) is 8.69. The Morgan fingerprint density at radius 2 is 1.83 bits per heavy atom. The van der Waals surface area contributed by atoms with Gasteiger partial charge in [0.25, 0.3) is 0 Å². The summed E-state index contributed by atoms with van der Waals surface area (Å²) < 4.78 is 5.25. The highest BCUT2D eigenvalue weighted by Gasteiger charge is 2.00. The summed E-state index contributed by atoms with van der Waals surface area (Å²) in [5, 5.41) is 9.20. The van der Waals surface area contributed by atoms with Crippen LogP contribution < -0.4 is 4.74 Å². The van der Waals surface area contributed by atoms with Crippen molar-refractivity contribution in [2.24, 2.45) is 4.99 Å². The molecule has 0 radical (unpaired) electrons. The van der Waals surface area contributed by atoms with E-state index in [4.69, 9.17) is 4.74 Å². The summed E-state index contributed by atoms with van der Waals surface area (Å²) in [5.74, 6) is 0.996. The lowest BCUT2D eigenvalue weighted by Gasteiger charge is -2.04. The van der Waals surface area contributed by atoms with Gasteiger partial charge in [-0.1, -0.05) is 6.07 Å². The number of aryl methyl sites for hydroxylation is 1. The van der Waals surface area contributed by atoms with Gasteiger partial charge < -0.3 is 9.84 Å². The Morgan fingerprint density at radius 1 is 1.11 bits per heavy atom. The van der Waals surface area contributed by atoms with Gasteiger partial charge >= 0.3 is 0 Å². The van der Waals surface area contributed by atoms with Crippen molar-refractivity contribution in [3.8, 4) is 11.5 Å². The SMILES string of the molecule is COc1ccc(C)cc1N=Cc1ccc(O)cc1. The molecule has 0 aliphatic rings. The topological polar surface area (TPSA) is 41.8 Å². The Morgan fingerprint density at radius 3 is 2.50 bits per heavy atom. The lowest BCUT2D eigenvalue weighted by molar-refractivity contribution is 0.416. The first-order valence-electron chi connectivity index (χ1n) is 5.67. The van der Waals surface area contributed by atoms with Crippen LogP contribution in [-0.2, 0) is 0 Å². The quantitative estimate of drug-likeness (QED) is 0.836. The van der Waals surface area contributed by atoms with Gasteiger partial charge in [0.1, 0.15) is 17.2 Å². The van der Waals surface area contributed by atoms with Gasteiger partial charge in [-0.25, -0.2) is 0 Å². The van der Waals surface area contributed by atoms with Crippen molar-refractivity contribution < 1.29 is 9.84 Å². The minimum Gasteiger partial charge on any atom is -0.508 e. The van der Waals surface area contributed by atoms with Crippen LogP contribution >= 0.6 is 0 Å². The van der Waals surface area contributed by atoms with Crippen LogP contribution in [0.2, 0.25) is 0 Å². The fraction of sp³-hybridized carbons (Fsp3) is 0.133. The Balaban J connectivity index is 2.27. The number of aliphatic imine (C=N–C) groups is 1. The molecule has 0 heterocycles. The summed E-state index contributed by atoms with van der Waals surface area (Å²) >= 11 is 0. The van der Waals surface area contributed by atoms with Crippen molar-refractivity contribution in [3.63, 3.8) is 0 Å². The first-order valence-corrected chi connectivity index (χ1v) is 5.67. The van der Waals surface area contributed by atoms with Crippen LogP contribution in [0.5, 0.6) is 11.5 Å². The zero-order valence-corrected chi connectivity index (χ0v) is 10.4. The molecule has 18 heavy (non-hydrogen) atoms. The number of phenolic OH excluding ortho intramolecular Hbond substituents is 1. The molecule has 0 amide bonds. The fourth-order valence-corrected chi connectivity index (χ4v) is 1.61. The van der Waals surface area contributed by atoms with Gasteiger partial charge in [0.15, 0.2) is 0 Å². The number of hydrogen-bond donors (Lipinski definition) is 1. The molecule has 0 saturated carbocycles. The molecular formula is C15H15NO2. The molecule has 0 aliphatic heterocycles. The molecule has 0 aliphatic carbocycles. The first kappa shape index (κ1) is 12.2. The standard InChI is InChI=1S/C15H15NO2/c1-11-3-8-15(18-2)14(9-11)16-10-12-4-6-13(17)7-5-12/h3-10,17H,1-2H3. The highest BCUT2D eigenvalue weighted by molar-refractivity contribution is 5.82. The number of nitrogens with zero attached hydrogens (tertiary/aromatic N) is 1. The molecule has 0 atom stereocenters. The number of aromatic hydroxyl groups is 1. The monoisotopic (exact) mass is 241 g/mol. The minimum absolute atomic E-state index is 0.250. The number of methoxy groups -OCH3 is 1. The smallest absolute Gasteiger partial charge is 0.144 e. The minimum atomic E-state index is 0.250. The fourth-order valence-electron chi connectivity index (χ4n) is 1.61. The molecule has 0 fully saturated rings. The molecule has 0 unspecified atom stereocenters. The van der Waals surface area contributed by atoms with Crippen LogP contribution in [0.4, 0.5) is 5.69 Å². The van der Waals surface area contributed by atoms with E-state index in [1.807, 2.05) is 25.1 Å². The van der Waals surface area contributed by atoms with Crippen molar-refractivity contribution in [3.05, 3.63) is 53.6 Å². The molecule has 3 heteroatoms. The van der Waals surface area contributed by atoms with E-state index in [1.54, 1.807) is 37.6 Å². The number of benzene rings is 2. The van der Waals surface area contributed by atoms with Gasteiger partial charge in [0.2, 0.25) is 0 Å². The second-order valence-corrected chi connectivity index (χ2v) is 4.03. The van der Waals surface area contributed by atoms with Gasteiger partial charge in [-0.15, -0.1) is 0 Å². The van der Waals surface area contributed by atoms with E-state index in [0.29, 0.717) is 0 Å². The number of hydrogen-bond acceptors (Lipinski definition) is 3. The normalized spacial score (nSPS) is 10.8. The van der Waals surface area contributed by atoms with Gasteiger partial charge in [-0.2, -0.15) is 0 Å².